The van der Waals surface area contributed by atoms with Gasteiger partial charge < -0.3 is 10.6 Å². The molecule has 21 heavy (non-hydrogen) atoms. The molecular formula is C14H19IN6. The number of hydrogen-bond acceptors (Lipinski definition) is 5. The van der Waals surface area contributed by atoms with Crippen molar-refractivity contribution in [3.05, 3.63) is 42.1 Å². The van der Waals surface area contributed by atoms with Crippen LogP contribution in [0.1, 0.15) is 17.8 Å². The first-order valence-corrected chi connectivity index (χ1v) is 6.81. The van der Waals surface area contributed by atoms with E-state index in [-0.39, 0.29) is 24.0 Å². The molecule has 0 unspecified atom stereocenters. The van der Waals surface area contributed by atoms with Gasteiger partial charge in [-0.25, -0.2) is 9.97 Å². The average Bonchev–Trinajstić information content (AvgIpc) is 2.92. The second-order valence-corrected chi connectivity index (χ2v) is 4.69. The Morgan fingerprint density at radius 3 is 2.95 bits per heavy atom. The van der Waals surface area contributed by atoms with E-state index >= 15 is 0 Å². The zero-order valence-electron chi connectivity index (χ0n) is 11.9. The summed E-state index contributed by atoms with van der Waals surface area (Å²) in [5.41, 5.74) is 1.11. The summed E-state index contributed by atoms with van der Waals surface area (Å²) in [6.45, 7) is 4.52. The molecule has 112 valence electrons. The Hall–Kier alpha value is -1.64. The zero-order chi connectivity index (χ0) is 13.8. The van der Waals surface area contributed by atoms with E-state index in [9.17, 15) is 0 Å². The third-order valence-corrected chi connectivity index (χ3v) is 3.26. The molecule has 2 N–H and O–H groups in total. The summed E-state index contributed by atoms with van der Waals surface area (Å²) in [5, 5.41) is 6.58. The van der Waals surface area contributed by atoms with Gasteiger partial charge in [0.15, 0.2) is 5.96 Å². The normalized spacial score (nSPS) is 13.9. The van der Waals surface area contributed by atoms with Gasteiger partial charge in [0.05, 0.1) is 0 Å². The van der Waals surface area contributed by atoms with Crippen LogP contribution in [0.15, 0.2) is 35.7 Å². The second-order valence-electron chi connectivity index (χ2n) is 4.69. The lowest BCUT2D eigenvalue weighted by molar-refractivity contribution is 0.700. The van der Waals surface area contributed by atoms with E-state index in [1.807, 2.05) is 23.8 Å². The molecule has 2 aromatic heterocycles. The van der Waals surface area contributed by atoms with Crippen LogP contribution in [0.3, 0.4) is 0 Å². The number of nitrogens with one attached hydrogen (secondary N) is 2. The third-order valence-electron chi connectivity index (χ3n) is 3.26. The van der Waals surface area contributed by atoms with Crippen LogP contribution in [-0.4, -0.2) is 33.6 Å². The summed E-state index contributed by atoms with van der Waals surface area (Å²) >= 11 is 0. The van der Waals surface area contributed by atoms with Crippen molar-refractivity contribution in [2.24, 2.45) is 4.99 Å². The van der Waals surface area contributed by atoms with E-state index in [1.54, 1.807) is 12.4 Å². The Balaban J connectivity index is 0.00000161. The van der Waals surface area contributed by atoms with Crippen molar-refractivity contribution >= 4 is 29.9 Å². The van der Waals surface area contributed by atoms with Crippen molar-refractivity contribution in [3.63, 3.8) is 0 Å². The molecule has 0 fully saturated rings. The predicted octanol–water partition coefficient (Wildman–Crippen LogP) is 1.63. The molecular weight excluding hydrogens is 379 g/mol. The number of rotatable bonds is 3. The Kier molecular flexibility index (Phi) is 5.54. The van der Waals surface area contributed by atoms with Crippen LogP contribution in [0.4, 0.5) is 0 Å². The maximum absolute atomic E-state index is 4.47. The minimum absolute atomic E-state index is 0. The van der Waals surface area contributed by atoms with Crippen molar-refractivity contribution in [3.8, 4) is 5.82 Å². The standard InChI is InChI=1S/C14H18N6.HI/c1-11-15-8-9-20(11)13-12(4-2-5-16-13)10-19-14-17-6-3-7-18-14;/h2,4-5,8-9H,3,6-7,10H2,1H3,(H2,17,18,19);1H. The van der Waals surface area contributed by atoms with Crippen LogP contribution >= 0.6 is 24.0 Å². The highest BCUT2D eigenvalue weighted by atomic mass is 127. The molecule has 0 aliphatic carbocycles. The number of aromatic nitrogens is 3. The van der Waals surface area contributed by atoms with Crippen molar-refractivity contribution in [2.75, 3.05) is 13.1 Å². The second kappa shape index (κ2) is 7.39. The van der Waals surface area contributed by atoms with Crippen molar-refractivity contribution in [1.29, 1.82) is 0 Å². The van der Waals surface area contributed by atoms with Gasteiger partial charge in [-0.05, 0) is 19.4 Å². The number of aliphatic imine (C=N–C) groups is 1. The molecule has 3 rings (SSSR count). The fourth-order valence-electron chi connectivity index (χ4n) is 2.22. The van der Waals surface area contributed by atoms with Gasteiger partial charge in [-0.2, -0.15) is 0 Å². The van der Waals surface area contributed by atoms with Crippen molar-refractivity contribution < 1.29 is 0 Å². The minimum Gasteiger partial charge on any atom is -0.356 e. The first-order valence-electron chi connectivity index (χ1n) is 6.81. The maximum Gasteiger partial charge on any atom is 0.191 e. The van der Waals surface area contributed by atoms with E-state index in [1.165, 1.54) is 0 Å². The largest absolute Gasteiger partial charge is 0.356 e. The number of aryl methyl sites for hydroxylation is 1. The van der Waals surface area contributed by atoms with Crippen LogP contribution in [0, 0.1) is 6.92 Å². The molecule has 6 nitrogen and oxygen atoms in total. The van der Waals surface area contributed by atoms with Crippen molar-refractivity contribution in [1.82, 2.24) is 25.2 Å². The summed E-state index contributed by atoms with van der Waals surface area (Å²) in [6.07, 6.45) is 6.61. The predicted molar refractivity (Wildman–Crippen MR) is 93.3 cm³/mol. The van der Waals surface area contributed by atoms with Crippen molar-refractivity contribution in [2.45, 2.75) is 19.9 Å². The molecule has 1 aliphatic rings. The zero-order valence-corrected chi connectivity index (χ0v) is 14.2. The summed E-state index contributed by atoms with van der Waals surface area (Å²) in [5.74, 6) is 2.71. The van der Waals surface area contributed by atoms with Crippen LogP contribution in [0.2, 0.25) is 0 Å². The summed E-state index contributed by atoms with van der Waals surface area (Å²) < 4.78 is 1.99. The third kappa shape index (κ3) is 3.72. The number of imidazole rings is 1. The molecule has 7 heteroatoms. The Bertz CT molecular complexity index is 621. The van der Waals surface area contributed by atoms with E-state index < -0.39 is 0 Å². The average molecular weight is 398 g/mol. The molecule has 0 saturated carbocycles. The van der Waals surface area contributed by atoms with Gasteiger partial charge in [0.1, 0.15) is 11.6 Å². The SMILES string of the molecule is Cc1nccn1-c1ncccc1CNC1=NCCCN1.I. The van der Waals surface area contributed by atoms with Gasteiger partial charge in [-0.1, -0.05) is 6.07 Å². The molecule has 0 bridgehead atoms. The van der Waals surface area contributed by atoms with Crippen LogP contribution in [0.25, 0.3) is 5.82 Å². The highest BCUT2D eigenvalue weighted by Gasteiger charge is 2.09. The summed E-state index contributed by atoms with van der Waals surface area (Å²) in [6, 6.07) is 4.01. The Labute approximate surface area is 141 Å². The van der Waals surface area contributed by atoms with Crippen LogP contribution in [0.5, 0.6) is 0 Å². The lowest BCUT2D eigenvalue weighted by Gasteiger charge is -2.17. The molecule has 3 heterocycles. The highest BCUT2D eigenvalue weighted by Crippen LogP contribution is 2.13. The Morgan fingerprint density at radius 1 is 1.33 bits per heavy atom. The molecule has 0 saturated heterocycles. The quantitative estimate of drug-likeness (QED) is 0.772. The van der Waals surface area contributed by atoms with Crippen LogP contribution in [-0.2, 0) is 6.54 Å². The number of pyridine rings is 1. The highest BCUT2D eigenvalue weighted by molar-refractivity contribution is 14.0. The molecule has 0 spiro atoms. The van der Waals surface area contributed by atoms with Gasteiger partial charge in [-0.15, -0.1) is 24.0 Å². The molecule has 0 atom stereocenters. The maximum atomic E-state index is 4.47. The van der Waals surface area contributed by atoms with Gasteiger partial charge in [-0.3, -0.25) is 9.56 Å². The molecule has 0 radical (unpaired) electrons. The number of guanidine groups is 1. The van der Waals surface area contributed by atoms with E-state index in [0.29, 0.717) is 6.54 Å². The van der Waals surface area contributed by atoms with E-state index in [4.69, 9.17) is 0 Å². The number of nitrogens with zero attached hydrogens (tertiary/aromatic N) is 4. The lowest BCUT2D eigenvalue weighted by Crippen LogP contribution is -2.40. The fourth-order valence-corrected chi connectivity index (χ4v) is 2.22. The molecule has 0 aromatic carbocycles. The first-order chi connectivity index (χ1) is 9.84. The topological polar surface area (TPSA) is 67.1 Å². The van der Waals surface area contributed by atoms with Gasteiger partial charge in [0.2, 0.25) is 0 Å². The molecule has 1 aliphatic heterocycles. The van der Waals surface area contributed by atoms with Gasteiger partial charge in [0.25, 0.3) is 0 Å². The fraction of sp³-hybridized carbons (Fsp3) is 0.357. The summed E-state index contributed by atoms with van der Waals surface area (Å²) in [4.78, 5) is 13.1. The smallest absolute Gasteiger partial charge is 0.191 e. The number of hydrogen-bond donors (Lipinski definition) is 2. The van der Waals surface area contributed by atoms with Crippen LogP contribution < -0.4 is 10.6 Å². The Morgan fingerprint density at radius 2 is 2.24 bits per heavy atom. The summed E-state index contributed by atoms with van der Waals surface area (Å²) in [7, 11) is 0. The molecule has 0 amide bonds. The van der Waals surface area contributed by atoms with Gasteiger partial charge in [0, 0.05) is 43.8 Å². The van der Waals surface area contributed by atoms with E-state index in [0.717, 1.165) is 42.7 Å². The minimum atomic E-state index is 0. The lowest BCUT2D eigenvalue weighted by atomic mass is 10.2. The number of halogens is 1. The van der Waals surface area contributed by atoms with Gasteiger partial charge >= 0.3 is 0 Å². The first kappa shape index (κ1) is 15.7. The molecule has 2 aromatic rings. The van der Waals surface area contributed by atoms with E-state index in [2.05, 4.69) is 31.7 Å². The monoisotopic (exact) mass is 398 g/mol.